The molecular formula is C9H17N5O3S. The lowest BCUT2D eigenvalue weighted by atomic mass is 10.2. The van der Waals surface area contributed by atoms with Gasteiger partial charge < -0.3 is 4.74 Å². The van der Waals surface area contributed by atoms with Gasteiger partial charge in [-0.1, -0.05) is 0 Å². The van der Waals surface area contributed by atoms with Crippen molar-refractivity contribution < 1.29 is 13.7 Å². The largest absolute Gasteiger partial charge is 0.442 e. The van der Waals surface area contributed by atoms with Gasteiger partial charge in [-0.2, -0.15) is 0 Å². The van der Waals surface area contributed by atoms with Crippen LogP contribution in [0.25, 0.3) is 0 Å². The first kappa shape index (κ1) is 14.5. The molecule has 1 aliphatic heterocycles. The quantitative estimate of drug-likeness (QED) is 0.676. The van der Waals surface area contributed by atoms with Crippen molar-refractivity contribution in [3.05, 3.63) is 11.1 Å². The van der Waals surface area contributed by atoms with Gasteiger partial charge in [0.15, 0.2) is 0 Å². The van der Waals surface area contributed by atoms with E-state index in [9.17, 15) is 9.00 Å². The van der Waals surface area contributed by atoms with Crippen LogP contribution in [0.4, 0.5) is 4.79 Å². The second kappa shape index (κ2) is 4.94. The van der Waals surface area contributed by atoms with Crippen molar-refractivity contribution in [3.8, 4) is 0 Å². The summed E-state index contributed by atoms with van der Waals surface area (Å²) in [5, 5.41) is 4.71. The Morgan fingerprint density at radius 2 is 2.22 bits per heavy atom. The van der Waals surface area contributed by atoms with Gasteiger partial charge in [0.25, 0.3) is 0 Å². The summed E-state index contributed by atoms with van der Waals surface area (Å²) in [6, 6.07) is 0. The van der Waals surface area contributed by atoms with E-state index in [0.29, 0.717) is 0 Å². The number of nitrogens with two attached hydrogens (primary N) is 1. The standard InChI is InChI=1S/C9H17N5O3S/c1-9(2,3)17-8(15)13-18(4,16)7-5-6-11-14(10)12-7/h5-6,12H,10H2,1-4H3. The summed E-state index contributed by atoms with van der Waals surface area (Å²) >= 11 is 0. The van der Waals surface area contributed by atoms with Gasteiger partial charge in [-0.05, 0) is 26.8 Å². The fourth-order valence-corrected chi connectivity index (χ4v) is 2.03. The van der Waals surface area contributed by atoms with E-state index < -0.39 is 21.4 Å². The molecule has 0 fully saturated rings. The number of hydrazone groups is 1. The Morgan fingerprint density at radius 3 is 2.72 bits per heavy atom. The molecule has 0 radical (unpaired) electrons. The molecular weight excluding hydrogens is 258 g/mol. The molecule has 8 nitrogen and oxygen atoms in total. The third kappa shape index (κ3) is 4.34. The average molecular weight is 275 g/mol. The first-order valence-electron chi connectivity index (χ1n) is 5.11. The van der Waals surface area contributed by atoms with Gasteiger partial charge in [0.05, 0.1) is 6.21 Å². The van der Waals surface area contributed by atoms with Crippen LogP contribution in [-0.4, -0.2) is 33.6 Å². The number of amides is 1. The molecule has 1 atom stereocenters. The summed E-state index contributed by atoms with van der Waals surface area (Å²) in [5.41, 5.74) is 1.83. The number of hydrogen-bond acceptors (Lipinski definition) is 7. The predicted molar refractivity (Wildman–Crippen MR) is 68.5 cm³/mol. The second-order valence-corrected chi connectivity index (χ2v) is 6.85. The zero-order valence-corrected chi connectivity index (χ0v) is 11.5. The van der Waals surface area contributed by atoms with Crippen molar-refractivity contribution >= 4 is 22.0 Å². The van der Waals surface area contributed by atoms with Crippen LogP contribution in [-0.2, 0) is 14.5 Å². The Labute approximate surface area is 106 Å². The number of rotatable bonds is 1. The number of hydrogen-bond donors (Lipinski definition) is 2. The summed E-state index contributed by atoms with van der Waals surface area (Å²) in [6.07, 6.45) is 3.20. The first-order chi connectivity index (χ1) is 8.10. The molecule has 9 heteroatoms. The highest BCUT2D eigenvalue weighted by Crippen LogP contribution is 2.12. The van der Waals surface area contributed by atoms with Crippen LogP contribution in [0, 0.1) is 0 Å². The molecule has 0 saturated heterocycles. The normalized spacial score (nSPS) is 18.5. The van der Waals surface area contributed by atoms with Gasteiger partial charge in [0.2, 0.25) is 0 Å². The van der Waals surface area contributed by atoms with Crippen molar-refractivity contribution in [2.45, 2.75) is 26.4 Å². The summed E-state index contributed by atoms with van der Waals surface area (Å²) in [6.45, 7) is 5.10. The van der Waals surface area contributed by atoms with Crippen LogP contribution < -0.4 is 11.3 Å². The molecule has 102 valence electrons. The van der Waals surface area contributed by atoms with E-state index >= 15 is 0 Å². The molecule has 1 aliphatic rings. The maximum absolute atomic E-state index is 12.2. The van der Waals surface area contributed by atoms with Crippen LogP contribution in [0.3, 0.4) is 0 Å². The number of hydrazine groups is 2. The smallest absolute Gasteiger partial charge is 0.442 e. The van der Waals surface area contributed by atoms with E-state index in [4.69, 9.17) is 10.6 Å². The number of ether oxygens (including phenoxy) is 1. The molecule has 0 saturated carbocycles. The molecule has 1 rings (SSSR count). The van der Waals surface area contributed by atoms with Crippen molar-refractivity contribution in [3.63, 3.8) is 0 Å². The Bertz CT molecular complexity index is 511. The van der Waals surface area contributed by atoms with Crippen LogP contribution >= 0.6 is 0 Å². The van der Waals surface area contributed by atoms with E-state index in [1.807, 2.05) is 0 Å². The van der Waals surface area contributed by atoms with Crippen molar-refractivity contribution in [1.82, 2.24) is 10.7 Å². The van der Waals surface area contributed by atoms with E-state index in [1.54, 1.807) is 20.8 Å². The zero-order valence-electron chi connectivity index (χ0n) is 10.7. The second-order valence-electron chi connectivity index (χ2n) is 4.63. The maximum Gasteiger partial charge on any atom is 0.442 e. The number of nitrogens with zero attached hydrogens (tertiary/aromatic N) is 3. The van der Waals surface area contributed by atoms with Crippen molar-refractivity contribution in [2.24, 2.45) is 15.3 Å². The summed E-state index contributed by atoms with van der Waals surface area (Å²) < 4.78 is 20.8. The molecule has 1 heterocycles. The van der Waals surface area contributed by atoms with Crippen LogP contribution in [0.15, 0.2) is 20.6 Å². The number of nitrogens with one attached hydrogen (secondary N) is 1. The molecule has 0 bridgehead atoms. The van der Waals surface area contributed by atoms with Crippen LogP contribution in [0.1, 0.15) is 20.8 Å². The summed E-state index contributed by atoms with van der Waals surface area (Å²) in [5.74, 6) is 5.35. The number of carbonyl (C=O) groups excluding carboxylic acids is 1. The molecule has 3 N–H and O–H groups in total. The Morgan fingerprint density at radius 1 is 1.61 bits per heavy atom. The third-order valence-electron chi connectivity index (χ3n) is 1.69. The number of allylic oxidation sites excluding steroid dienone is 1. The molecule has 0 aromatic rings. The zero-order chi connectivity index (χ0) is 14.0. The fraction of sp³-hybridized carbons (Fsp3) is 0.556. The maximum atomic E-state index is 12.2. The van der Waals surface area contributed by atoms with Gasteiger partial charge in [0, 0.05) is 6.26 Å². The molecule has 18 heavy (non-hydrogen) atoms. The lowest BCUT2D eigenvalue weighted by molar-refractivity contribution is 0.0607. The molecule has 0 aromatic heterocycles. The Balaban J connectivity index is 2.93. The highest BCUT2D eigenvalue weighted by Gasteiger charge is 2.20. The minimum atomic E-state index is -2.95. The van der Waals surface area contributed by atoms with E-state index in [0.717, 1.165) is 5.23 Å². The minimum absolute atomic E-state index is 0.186. The molecule has 0 aliphatic carbocycles. The van der Waals surface area contributed by atoms with Gasteiger partial charge in [0.1, 0.15) is 20.4 Å². The van der Waals surface area contributed by atoms with E-state index in [1.165, 1.54) is 18.5 Å². The average Bonchev–Trinajstić information content (AvgIpc) is 2.13. The molecule has 1 unspecified atom stereocenters. The monoisotopic (exact) mass is 275 g/mol. The van der Waals surface area contributed by atoms with Gasteiger partial charge in [-0.15, -0.1) is 14.7 Å². The van der Waals surface area contributed by atoms with Crippen molar-refractivity contribution in [2.75, 3.05) is 6.26 Å². The lowest BCUT2D eigenvalue weighted by Crippen LogP contribution is -2.42. The van der Waals surface area contributed by atoms with Crippen LogP contribution in [0.5, 0.6) is 0 Å². The number of carbonyl (C=O) groups is 1. The highest BCUT2D eigenvalue weighted by atomic mass is 32.2. The Kier molecular flexibility index (Phi) is 3.97. The minimum Gasteiger partial charge on any atom is -0.442 e. The third-order valence-corrected chi connectivity index (χ3v) is 3.23. The first-order valence-corrected chi connectivity index (χ1v) is 7.03. The molecule has 1 amide bonds. The molecule has 0 spiro atoms. The highest BCUT2D eigenvalue weighted by molar-refractivity contribution is 7.96. The summed E-state index contributed by atoms with van der Waals surface area (Å²) in [7, 11) is -2.95. The predicted octanol–water partition coefficient (Wildman–Crippen LogP) is 0.540. The fourth-order valence-electron chi connectivity index (χ4n) is 1.03. The SMILES string of the molecule is CC(C)(C)OC(=O)N=S(C)(=O)C1=CC=NN(N)N1. The van der Waals surface area contributed by atoms with Crippen LogP contribution in [0.2, 0.25) is 0 Å². The van der Waals surface area contributed by atoms with Gasteiger partial charge in [-0.3, -0.25) is 5.43 Å². The topological polar surface area (TPSA) is 109 Å². The summed E-state index contributed by atoms with van der Waals surface area (Å²) in [4.78, 5) is 11.5. The lowest BCUT2D eigenvalue weighted by Gasteiger charge is -2.21. The molecule has 0 aromatic carbocycles. The van der Waals surface area contributed by atoms with E-state index in [2.05, 4.69) is 14.9 Å². The van der Waals surface area contributed by atoms with Crippen molar-refractivity contribution in [1.29, 1.82) is 0 Å². The van der Waals surface area contributed by atoms with Gasteiger partial charge in [-0.25, -0.2) is 14.8 Å². The Hall–Kier alpha value is -1.61. The van der Waals surface area contributed by atoms with Gasteiger partial charge >= 0.3 is 6.09 Å². The van der Waals surface area contributed by atoms with E-state index in [-0.39, 0.29) is 5.03 Å².